The van der Waals surface area contributed by atoms with Crippen LogP contribution in [0.5, 0.6) is 0 Å². The molecule has 0 saturated carbocycles. The number of hydrogen-bond acceptors (Lipinski definition) is 10. The van der Waals surface area contributed by atoms with E-state index in [1.807, 2.05) is 0 Å². The lowest BCUT2D eigenvalue weighted by Gasteiger charge is -2.13. The smallest absolute Gasteiger partial charge is 0.355 e. The lowest BCUT2D eigenvalue weighted by atomic mass is 10.3. The Labute approximate surface area is 182 Å². The molecule has 0 aliphatic heterocycles. The summed E-state index contributed by atoms with van der Waals surface area (Å²) < 4.78 is 20.1. The first-order chi connectivity index (χ1) is 15.2. The molecule has 0 fully saturated rings. The maximum atomic E-state index is 13.1. The summed E-state index contributed by atoms with van der Waals surface area (Å²) in [5.74, 6) is -4.19. The second kappa shape index (κ2) is 12.7. The van der Waals surface area contributed by atoms with Crippen molar-refractivity contribution < 1.29 is 38.1 Å². The number of nitrogens with zero attached hydrogens (tertiary/aromatic N) is 2. The predicted octanol–water partition coefficient (Wildman–Crippen LogP) is -0.0558. The summed E-state index contributed by atoms with van der Waals surface area (Å²) in [4.78, 5) is 74.1. The zero-order chi connectivity index (χ0) is 24.3. The van der Waals surface area contributed by atoms with Gasteiger partial charge in [0, 0.05) is 12.3 Å². The molecule has 0 bridgehead atoms. The molecule has 12 nitrogen and oxygen atoms in total. The van der Waals surface area contributed by atoms with Crippen molar-refractivity contribution in [2.45, 2.75) is 27.7 Å². The molecular weight excluding hydrogens is 428 g/mol. The fourth-order valence-electron chi connectivity index (χ4n) is 2.33. The van der Waals surface area contributed by atoms with Crippen LogP contribution in [0.3, 0.4) is 0 Å². The van der Waals surface area contributed by atoms with Gasteiger partial charge in [-0.3, -0.25) is 9.36 Å². The zero-order valence-corrected chi connectivity index (χ0v) is 18.1. The van der Waals surface area contributed by atoms with Crippen molar-refractivity contribution in [3.63, 3.8) is 0 Å². The molecule has 0 N–H and O–H groups in total. The van der Waals surface area contributed by atoms with Crippen molar-refractivity contribution in [3.8, 4) is 0 Å². The number of rotatable bonds is 10. The molecular formula is C20H24N2O10. The van der Waals surface area contributed by atoms with Gasteiger partial charge in [-0.25, -0.2) is 28.5 Å². The largest absolute Gasteiger partial charge is 0.463 e. The van der Waals surface area contributed by atoms with Gasteiger partial charge >= 0.3 is 29.6 Å². The summed E-state index contributed by atoms with van der Waals surface area (Å²) in [5.41, 5.74) is -3.57. The highest BCUT2D eigenvalue weighted by Gasteiger charge is 2.24. The van der Waals surface area contributed by atoms with E-state index >= 15 is 0 Å². The third-order valence-corrected chi connectivity index (χ3v) is 3.54. The van der Waals surface area contributed by atoms with Crippen molar-refractivity contribution in [1.82, 2.24) is 9.13 Å². The van der Waals surface area contributed by atoms with Crippen molar-refractivity contribution in [1.29, 1.82) is 0 Å². The lowest BCUT2D eigenvalue weighted by molar-refractivity contribution is -0.139. The Balaban J connectivity index is 3.82. The fraction of sp³-hybridized carbons (Fsp3) is 0.400. The normalized spacial score (nSPS) is 11.5. The standard InChI is InChI=1S/C20H24N2O10/c1-5-29-16(24)11-13(18(26)31-7-3)21-10-9-15(23)22(20(21)28)14(19(27)32-8-4)12-17(25)30-6-2/h9-12H,5-8H2,1-4H3/b13-11-,14-12-. The van der Waals surface area contributed by atoms with Crippen LogP contribution < -0.4 is 11.2 Å². The first-order valence-corrected chi connectivity index (χ1v) is 9.68. The van der Waals surface area contributed by atoms with E-state index in [9.17, 15) is 28.8 Å². The van der Waals surface area contributed by atoms with Crippen LogP contribution in [0.2, 0.25) is 0 Å². The summed E-state index contributed by atoms with van der Waals surface area (Å²) in [6.45, 7) is 5.80. The van der Waals surface area contributed by atoms with E-state index in [0.717, 1.165) is 12.3 Å². The van der Waals surface area contributed by atoms with Crippen molar-refractivity contribution >= 4 is 35.3 Å². The molecule has 0 spiro atoms. The van der Waals surface area contributed by atoms with Gasteiger partial charge in [0.2, 0.25) is 0 Å². The first kappa shape index (κ1) is 26.1. The molecule has 1 rings (SSSR count). The molecule has 1 aromatic rings. The summed E-state index contributed by atoms with van der Waals surface area (Å²) in [6.07, 6.45) is 2.24. The molecule has 0 aromatic carbocycles. The quantitative estimate of drug-likeness (QED) is 0.268. The number of carbonyl (C=O) groups is 4. The monoisotopic (exact) mass is 452 g/mol. The van der Waals surface area contributed by atoms with Crippen LogP contribution in [0.25, 0.3) is 11.4 Å². The number of esters is 4. The van der Waals surface area contributed by atoms with Crippen molar-refractivity contribution in [2.24, 2.45) is 0 Å². The van der Waals surface area contributed by atoms with Gasteiger partial charge in [-0.2, -0.15) is 0 Å². The molecule has 0 atom stereocenters. The Hall–Kier alpha value is -3.96. The predicted molar refractivity (Wildman–Crippen MR) is 110 cm³/mol. The fourth-order valence-corrected chi connectivity index (χ4v) is 2.33. The molecule has 174 valence electrons. The Morgan fingerprint density at radius 3 is 1.66 bits per heavy atom. The average molecular weight is 452 g/mol. The molecule has 0 saturated heterocycles. The second-order valence-corrected chi connectivity index (χ2v) is 5.65. The molecule has 1 aromatic heterocycles. The Morgan fingerprint density at radius 2 is 1.19 bits per heavy atom. The minimum absolute atomic E-state index is 0.00484. The highest BCUT2D eigenvalue weighted by atomic mass is 16.5. The molecule has 12 heteroatoms. The third-order valence-electron chi connectivity index (χ3n) is 3.54. The SMILES string of the molecule is CCOC(=O)/C=C(/C(=O)OCC)n1ccc(=O)n(/C(=C\C(=O)OCC)C(=O)OCC)c1=O. The molecule has 0 radical (unpaired) electrons. The van der Waals surface area contributed by atoms with Gasteiger partial charge in [0.15, 0.2) is 0 Å². The van der Waals surface area contributed by atoms with Crippen LogP contribution in [0, 0.1) is 0 Å². The van der Waals surface area contributed by atoms with Crippen molar-refractivity contribution in [3.05, 3.63) is 45.3 Å². The highest BCUT2D eigenvalue weighted by Crippen LogP contribution is 2.08. The summed E-state index contributed by atoms with van der Waals surface area (Å²) >= 11 is 0. The number of aromatic nitrogens is 2. The molecule has 0 aliphatic carbocycles. The van der Waals surface area contributed by atoms with E-state index < -0.39 is 46.5 Å². The first-order valence-electron chi connectivity index (χ1n) is 9.68. The summed E-state index contributed by atoms with van der Waals surface area (Å²) in [7, 11) is 0. The van der Waals surface area contributed by atoms with Gasteiger partial charge in [-0.1, -0.05) is 0 Å². The minimum Gasteiger partial charge on any atom is -0.463 e. The number of hydrogen-bond donors (Lipinski definition) is 0. The van der Waals surface area contributed by atoms with Crippen molar-refractivity contribution in [2.75, 3.05) is 26.4 Å². The number of ether oxygens (including phenoxy) is 4. The molecule has 0 amide bonds. The Bertz CT molecular complexity index is 1050. The van der Waals surface area contributed by atoms with Gasteiger partial charge in [-0.05, 0) is 27.7 Å². The summed E-state index contributed by atoms with van der Waals surface area (Å²) in [5, 5.41) is 0. The maximum absolute atomic E-state index is 13.1. The second-order valence-electron chi connectivity index (χ2n) is 5.65. The van der Waals surface area contributed by atoms with Crippen LogP contribution >= 0.6 is 0 Å². The maximum Gasteiger partial charge on any atom is 0.355 e. The Morgan fingerprint density at radius 1 is 0.750 bits per heavy atom. The lowest BCUT2D eigenvalue weighted by Crippen LogP contribution is -2.41. The van der Waals surface area contributed by atoms with Gasteiger partial charge in [0.1, 0.15) is 11.4 Å². The average Bonchev–Trinajstić information content (AvgIpc) is 2.72. The van der Waals surface area contributed by atoms with Crippen LogP contribution in [-0.2, 0) is 38.1 Å². The van der Waals surface area contributed by atoms with E-state index in [1.165, 1.54) is 27.7 Å². The van der Waals surface area contributed by atoms with Gasteiger partial charge in [0.25, 0.3) is 5.56 Å². The third kappa shape index (κ3) is 6.79. The zero-order valence-electron chi connectivity index (χ0n) is 18.1. The Kier molecular flexibility index (Phi) is 10.3. The van der Waals surface area contributed by atoms with Crippen LogP contribution in [0.15, 0.2) is 34.0 Å². The molecule has 1 heterocycles. The number of carbonyl (C=O) groups excluding carboxylic acids is 4. The molecule has 0 aliphatic rings. The van der Waals surface area contributed by atoms with Crippen LogP contribution in [0.4, 0.5) is 0 Å². The van der Waals surface area contributed by atoms with Crippen LogP contribution in [-0.4, -0.2) is 59.4 Å². The van der Waals surface area contributed by atoms with Gasteiger partial charge in [-0.15, -0.1) is 0 Å². The van der Waals surface area contributed by atoms with Crippen LogP contribution in [0.1, 0.15) is 27.7 Å². The van der Waals surface area contributed by atoms with Gasteiger partial charge in [0.05, 0.1) is 38.6 Å². The topological polar surface area (TPSA) is 149 Å². The highest BCUT2D eigenvalue weighted by molar-refractivity contribution is 6.16. The molecule has 32 heavy (non-hydrogen) atoms. The molecule has 0 unspecified atom stereocenters. The van der Waals surface area contributed by atoms with E-state index in [2.05, 4.69) is 0 Å². The summed E-state index contributed by atoms with van der Waals surface area (Å²) in [6, 6.07) is 0.845. The van der Waals surface area contributed by atoms with E-state index in [1.54, 1.807) is 0 Å². The van der Waals surface area contributed by atoms with E-state index in [0.29, 0.717) is 21.3 Å². The van der Waals surface area contributed by atoms with E-state index in [-0.39, 0.29) is 26.4 Å². The minimum atomic E-state index is -1.25. The van der Waals surface area contributed by atoms with E-state index in [4.69, 9.17) is 18.9 Å². The van der Waals surface area contributed by atoms with Gasteiger partial charge < -0.3 is 18.9 Å².